The molecule has 0 saturated carbocycles. The molecule has 130 valence electrons. The van der Waals surface area contributed by atoms with Gasteiger partial charge < -0.3 is 0 Å². The van der Waals surface area contributed by atoms with E-state index in [1.165, 1.54) is 0 Å². The topological polar surface area (TPSA) is 25.8 Å². The molecule has 0 spiro atoms. The van der Waals surface area contributed by atoms with Crippen LogP contribution in [0.15, 0.2) is 48.8 Å². The van der Waals surface area contributed by atoms with Gasteiger partial charge in [-0.25, -0.2) is 0 Å². The third kappa shape index (κ3) is 4.34. The van der Waals surface area contributed by atoms with E-state index < -0.39 is 0 Å². The van der Waals surface area contributed by atoms with E-state index in [0.29, 0.717) is 10.5 Å². The van der Waals surface area contributed by atoms with E-state index in [4.69, 9.17) is 0 Å². The van der Waals surface area contributed by atoms with Gasteiger partial charge in [-0.3, -0.25) is 9.97 Å². The zero-order valence-corrected chi connectivity index (χ0v) is 17.1. The summed E-state index contributed by atoms with van der Waals surface area (Å²) < 4.78 is 0. The maximum absolute atomic E-state index is 4.56. The SMILES string of the molecule is CC(SSC(C)C(C)(C)c1ccccn1)C(C)(C)c1ccccn1. The van der Waals surface area contributed by atoms with Crippen molar-refractivity contribution >= 4 is 21.6 Å². The molecule has 0 radical (unpaired) electrons. The van der Waals surface area contributed by atoms with Crippen molar-refractivity contribution in [2.45, 2.75) is 62.9 Å². The van der Waals surface area contributed by atoms with Crippen molar-refractivity contribution in [1.29, 1.82) is 0 Å². The predicted molar refractivity (Wildman–Crippen MR) is 109 cm³/mol. The molecule has 2 aromatic heterocycles. The largest absolute Gasteiger partial charge is 0.261 e. The monoisotopic (exact) mass is 360 g/mol. The zero-order chi connectivity index (χ0) is 17.8. The second-order valence-electron chi connectivity index (χ2n) is 7.35. The van der Waals surface area contributed by atoms with Gasteiger partial charge in [0.2, 0.25) is 0 Å². The summed E-state index contributed by atoms with van der Waals surface area (Å²) in [6, 6.07) is 12.3. The van der Waals surface area contributed by atoms with Gasteiger partial charge in [0.25, 0.3) is 0 Å². The molecule has 2 heterocycles. The molecule has 2 atom stereocenters. The molecular weight excluding hydrogens is 332 g/mol. The first-order valence-corrected chi connectivity index (χ1v) is 10.7. The molecule has 2 aromatic rings. The van der Waals surface area contributed by atoms with Crippen LogP contribution in [0.3, 0.4) is 0 Å². The summed E-state index contributed by atoms with van der Waals surface area (Å²) in [7, 11) is 3.91. The van der Waals surface area contributed by atoms with Crippen LogP contribution < -0.4 is 0 Å². The Kier molecular flexibility index (Phi) is 6.38. The normalized spacial score (nSPS) is 15.1. The zero-order valence-electron chi connectivity index (χ0n) is 15.5. The van der Waals surface area contributed by atoms with Crippen molar-refractivity contribution in [1.82, 2.24) is 9.97 Å². The molecule has 2 unspecified atom stereocenters. The second-order valence-corrected chi connectivity index (χ2v) is 10.3. The molecule has 0 saturated heterocycles. The first-order chi connectivity index (χ1) is 11.3. The number of rotatable bonds is 7. The van der Waals surface area contributed by atoms with Crippen molar-refractivity contribution in [3.8, 4) is 0 Å². The highest BCUT2D eigenvalue weighted by atomic mass is 33.1. The Morgan fingerprint density at radius 1 is 0.708 bits per heavy atom. The summed E-state index contributed by atoms with van der Waals surface area (Å²) in [5.41, 5.74) is 2.38. The molecular formula is C20H28N2S2. The first kappa shape index (κ1) is 19.3. The Morgan fingerprint density at radius 2 is 1.08 bits per heavy atom. The Morgan fingerprint density at radius 3 is 1.38 bits per heavy atom. The average Bonchev–Trinajstić information content (AvgIpc) is 2.60. The third-order valence-electron chi connectivity index (χ3n) is 5.03. The van der Waals surface area contributed by atoms with Crippen molar-refractivity contribution in [3.05, 3.63) is 60.2 Å². The highest BCUT2D eigenvalue weighted by Crippen LogP contribution is 2.45. The molecule has 0 fully saturated rings. The minimum absolute atomic E-state index is 0.0355. The molecule has 4 heteroatoms. The summed E-state index contributed by atoms with van der Waals surface area (Å²) in [4.78, 5) is 9.12. The van der Waals surface area contributed by atoms with Gasteiger partial charge in [0.05, 0.1) is 0 Å². The summed E-state index contributed by atoms with van der Waals surface area (Å²) in [5.74, 6) is 0. The van der Waals surface area contributed by atoms with Gasteiger partial charge in [-0.1, -0.05) is 75.3 Å². The number of hydrogen-bond donors (Lipinski definition) is 0. The van der Waals surface area contributed by atoms with Gasteiger partial charge in [-0.2, -0.15) is 0 Å². The Hall–Kier alpha value is -1.00. The highest BCUT2D eigenvalue weighted by Gasteiger charge is 2.34. The predicted octanol–water partition coefficient (Wildman–Crippen LogP) is 5.89. The van der Waals surface area contributed by atoms with Crippen LogP contribution in [0.4, 0.5) is 0 Å². The van der Waals surface area contributed by atoms with E-state index in [1.807, 2.05) is 46.1 Å². The molecule has 24 heavy (non-hydrogen) atoms. The third-order valence-corrected chi connectivity index (χ3v) is 8.96. The molecule has 0 aliphatic rings. The van der Waals surface area contributed by atoms with E-state index in [0.717, 1.165) is 11.4 Å². The minimum atomic E-state index is 0.0355. The van der Waals surface area contributed by atoms with E-state index in [9.17, 15) is 0 Å². The van der Waals surface area contributed by atoms with Crippen molar-refractivity contribution in [3.63, 3.8) is 0 Å². The molecule has 0 aliphatic heterocycles. The second kappa shape index (κ2) is 7.92. The molecule has 0 aromatic carbocycles. The van der Waals surface area contributed by atoms with Crippen molar-refractivity contribution < 1.29 is 0 Å². The Bertz CT molecular complexity index is 569. The molecule has 0 amide bonds. The maximum Gasteiger partial charge on any atom is 0.0471 e. The standard InChI is InChI=1S/C20H28N2S2/c1-15(19(3,4)17-11-7-9-13-21-17)23-24-16(2)20(5,6)18-12-8-10-14-22-18/h7-16H,1-6H3. The molecule has 0 aliphatic carbocycles. The van der Waals surface area contributed by atoms with E-state index in [-0.39, 0.29) is 10.8 Å². The van der Waals surface area contributed by atoms with Crippen LogP contribution in [-0.4, -0.2) is 20.5 Å². The van der Waals surface area contributed by atoms with Crippen LogP contribution in [0.25, 0.3) is 0 Å². The fourth-order valence-corrected chi connectivity index (χ4v) is 5.81. The fraction of sp³-hybridized carbons (Fsp3) is 0.500. The lowest BCUT2D eigenvalue weighted by Crippen LogP contribution is -2.32. The van der Waals surface area contributed by atoms with Crippen LogP contribution in [0.5, 0.6) is 0 Å². The summed E-state index contributed by atoms with van der Waals surface area (Å²) in [6.45, 7) is 13.7. The van der Waals surface area contributed by atoms with Gasteiger partial charge in [0, 0.05) is 45.1 Å². The van der Waals surface area contributed by atoms with Crippen LogP contribution in [0.2, 0.25) is 0 Å². The van der Waals surface area contributed by atoms with Gasteiger partial charge in [-0.15, -0.1) is 0 Å². The van der Waals surface area contributed by atoms with Crippen LogP contribution in [-0.2, 0) is 10.8 Å². The first-order valence-electron chi connectivity index (χ1n) is 8.41. The lowest BCUT2D eigenvalue weighted by Gasteiger charge is -2.34. The minimum Gasteiger partial charge on any atom is -0.261 e. The average molecular weight is 361 g/mol. The number of hydrogen-bond acceptors (Lipinski definition) is 4. The number of nitrogens with zero attached hydrogens (tertiary/aromatic N) is 2. The number of aromatic nitrogens is 2. The van der Waals surface area contributed by atoms with Crippen molar-refractivity contribution in [2.75, 3.05) is 0 Å². The summed E-state index contributed by atoms with van der Waals surface area (Å²) in [6.07, 6.45) is 3.77. The van der Waals surface area contributed by atoms with Gasteiger partial charge in [0.15, 0.2) is 0 Å². The molecule has 2 rings (SSSR count). The quantitative estimate of drug-likeness (QED) is 0.575. The molecule has 0 N–H and O–H groups in total. The van der Waals surface area contributed by atoms with Crippen LogP contribution in [0.1, 0.15) is 52.9 Å². The molecule has 2 nitrogen and oxygen atoms in total. The van der Waals surface area contributed by atoms with Gasteiger partial charge >= 0.3 is 0 Å². The van der Waals surface area contributed by atoms with Crippen LogP contribution >= 0.6 is 21.6 Å². The smallest absolute Gasteiger partial charge is 0.0471 e. The van der Waals surface area contributed by atoms with E-state index >= 15 is 0 Å². The van der Waals surface area contributed by atoms with E-state index in [1.54, 1.807) is 0 Å². The highest BCUT2D eigenvalue weighted by molar-refractivity contribution is 8.77. The number of pyridine rings is 2. The maximum atomic E-state index is 4.56. The molecule has 0 bridgehead atoms. The van der Waals surface area contributed by atoms with Gasteiger partial charge in [-0.05, 0) is 24.3 Å². The Balaban J connectivity index is 2.02. The summed E-state index contributed by atoms with van der Waals surface area (Å²) in [5, 5.41) is 0.916. The van der Waals surface area contributed by atoms with E-state index in [2.05, 4.69) is 75.8 Å². The lowest BCUT2D eigenvalue weighted by atomic mass is 9.85. The lowest BCUT2D eigenvalue weighted by molar-refractivity contribution is 0.502. The Labute approximate surface area is 154 Å². The van der Waals surface area contributed by atoms with Gasteiger partial charge in [0.1, 0.15) is 0 Å². The fourth-order valence-electron chi connectivity index (χ4n) is 2.31. The van der Waals surface area contributed by atoms with Crippen molar-refractivity contribution in [2.24, 2.45) is 0 Å². The summed E-state index contributed by atoms with van der Waals surface area (Å²) >= 11 is 0. The van der Waals surface area contributed by atoms with Crippen LogP contribution in [0, 0.1) is 0 Å².